The van der Waals surface area contributed by atoms with Gasteiger partial charge in [0.05, 0.1) is 10.9 Å². The summed E-state index contributed by atoms with van der Waals surface area (Å²) in [5.74, 6) is 0.687. The topological polar surface area (TPSA) is 96.0 Å². The number of rotatable bonds is 4. The van der Waals surface area contributed by atoms with Crippen LogP contribution in [0.3, 0.4) is 0 Å². The standard InChI is InChI=1S/C23H17N7S/c1-2-13-7-15(10-24-9-13)16-8-18-20(29-30-21(18)26-11-16)23-27-19-17(14-4-6-31-12-14)3-5-25-22(19)28-23/h3-12H,2H2,1H3,(H,25,27,28)(H,26,29,30). The Morgan fingerprint density at radius 3 is 2.77 bits per heavy atom. The SMILES string of the molecule is CCc1cncc(-c2cnc3n[nH]c(-c4nc5nccc(-c6ccsc6)c5[nH]4)c3c2)c1. The molecule has 0 radical (unpaired) electrons. The number of H-pyrrole nitrogens is 2. The zero-order valence-electron chi connectivity index (χ0n) is 16.6. The van der Waals surface area contributed by atoms with E-state index in [1.54, 1.807) is 17.5 Å². The molecule has 0 fully saturated rings. The Morgan fingerprint density at radius 2 is 1.90 bits per heavy atom. The minimum atomic E-state index is 0.643. The highest BCUT2D eigenvalue weighted by Crippen LogP contribution is 2.32. The molecule has 6 aromatic heterocycles. The van der Waals surface area contributed by atoms with E-state index in [0.717, 1.165) is 45.3 Å². The minimum Gasteiger partial charge on any atom is -0.335 e. The van der Waals surface area contributed by atoms with Crippen LogP contribution >= 0.6 is 11.3 Å². The summed E-state index contributed by atoms with van der Waals surface area (Å²) in [7, 11) is 0. The maximum absolute atomic E-state index is 4.73. The van der Waals surface area contributed by atoms with E-state index >= 15 is 0 Å². The van der Waals surface area contributed by atoms with Gasteiger partial charge in [0.15, 0.2) is 17.1 Å². The van der Waals surface area contributed by atoms with Crippen molar-refractivity contribution in [1.29, 1.82) is 0 Å². The molecule has 0 saturated heterocycles. The second-order valence-corrected chi connectivity index (χ2v) is 8.06. The van der Waals surface area contributed by atoms with Gasteiger partial charge in [0.25, 0.3) is 0 Å². The number of pyridine rings is 3. The number of thiophene rings is 1. The van der Waals surface area contributed by atoms with Gasteiger partial charge in [-0.3, -0.25) is 10.1 Å². The van der Waals surface area contributed by atoms with E-state index in [2.05, 4.69) is 66.0 Å². The van der Waals surface area contributed by atoms with Gasteiger partial charge < -0.3 is 4.98 Å². The first-order valence-corrected chi connectivity index (χ1v) is 10.9. The van der Waals surface area contributed by atoms with Crippen LogP contribution in [0, 0.1) is 0 Å². The Bertz CT molecular complexity index is 1530. The van der Waals surface area contributed by atoms with Gasteiger partial charge in [0, 0.05) is 41.5 Å². The van der Waals surface area contributed by atoms with Crippen LogP contribution in [0.4, 0.5) is 0 Å². The zero-order valence-corrected chi connectivity index (χ0v) is 17.4. The molecule has 2 N–H and O–H groups in total. The quantitative estimate of drug-likeness (QED) is 0.404. The molecule has 0 atom stereocenters. The van der Waals surface area contributed by atoms with Crippen molar-refractivity contribution in [3.63, 3.8) is 0 Å². The fourth-order valence-corrected chi connectivity index (χ4v) is 4.42. The molecule has 8 heteroatoms. The summed E-state index contributed by atoms with van der Waals surface area (Å²) in [5, 5.41) is 12.6. The fraction of sp³-hybridized carbons (Fsp3) is 0.0870. The van der Waals surface area contributed by atoms with Gasteiger partial charge in [-0.25, -0.2) is 15.0 Å². The second-order valence-electron chi connectivity index (χ2n) is 7.28. The van der Waals surface area contributed by atoms with E-state index < -0.39 is 0 Å². The van der Waals surface area contributed by atoms with Crippen molar-refractivity contribution in [3.05, 3.63) is 65.4 Å². The van der Waals surface area contributed by atoms with Crippen molar-refractivity contribution in [1.82, 2.24) is 35.1 Å². The Balaban J connectivity index is 1.50. The van der Waals surface area contributed by atoms with E-state index in [9.17, 15) is 0 Å². The predicted molar refractivity (Wildman–Crippen MR) is 123 cm³/mol. The smallest absolute Gasteiger partial charge is 0.181 e. The van der Waals surface area contributed by atoms with Crippen molar-refractivity contribution in [2.24, 2.45) is 0 Å². The molecule has 0 spiro atoms. The summed E-state index contributed by atoms with van der Waals surface area (Å²) in [5.41, 5.74) is 8.45. The molecule has 0 aliphatic rings. The maximum Gasteiger partial charge on any atom is 0.181 e. The van der Waals surface area contributed by atoms with Gasteiger partial charge in [-0.15, -0.1) is 0 Å². The normalized spacial score (nSPS) is 11.5. The predicted octanol–water partition coefficient (Wildman–Crippen LogP) is 5.25. The van der Waals surface area contributed by atoms with Gasteiger partial charge in [-0.1, -0.05) is 6.92 Å². The van der Waals surface area contributed by atoms with Crippen LogP contribution in [0.1, 0.15) is 12.5 Å². The van der Waals surface area contributed by atoms with Gasteiger partial charge in [0.2, 0.25) is 0 Å². The van der Waals surface area contributed by atoms with Crippen LogP contribution in [-0.4, -0.2) is 35.1 Å². The molecule has 0 amide bonds. The highest BCUT2D eigenvalue weighted by molar-refractivity contribution is 7.08. The molecular formula is C23H17N7S. The molecule has 0 bridgehead atoms. The van der Waals surface area contributed by atoms with Crippen molar-refractivity contribution < 1.29 is 0 Å². The third-order valence-corrected chi connectivity index (χ3v) is 6.09. The van der Waals surface area contributed by atoms with E-state index in [1.165, 1.54) is 5.56 Å². The maximum atomic E-state index is 4.73. The van der Waals surface area contributed by atoms with Gasteiger partial charge in [-0.2, -0.15) is 16.4 Å². The van der Waals surface area contributed by atoms with Crippen molar-refractivity contribution in [3.8, 4) is 33.8 Å². The zero-order chi connectivity index (χ0) is 20.8. The summed E-state index contributed by atoms with van der Waals surface area (Å²) in [6, 6.07) is 8.33. The lowest BCUT2D eigenvalue weighted by atomic mass is 10.1. The van der Waals surface area contributed by atoms with E-state index in [4.69, 9.17) is 4.98 Å². The minimum absolute atomic E-state index is 0.643. The Hall–Kier alpha value is -3.91. The molecule has 0 saturated carbocycles. The second kappa shape index (κ2) is 7.10. The lowest BCUT2D eigenvalue weighted by Crippen LogP contribution is -1.87. The average molecular weight is 424 g/mol. The number of aromatic amines is 2. The molecule has 0 aliphatic carbocycles. The number of hydrogen-bond donors (Lipinski definition) is 2. The first kappa shape index (κ1) is 17.9. The van der Waals surface area contributed by atoms with Crippen LogP contribution in [0.2, 0.25) is 0 Å². The fourth-order valence-electron chi connectivity index (χ4n) is 3.76. The van der Waals surface area contributed by atoms with Gasteiger partial charge in [0.1, 0.15) is 5.69 Å². The summed E-state index contributed by atoms with van der Waals surface area (Å²) in [6.07, 6.45) is 8.31. The molecule has 150 valence electrons. The highest BCUT2D eigenvalue weighted by atomic mass is 32.1. The number of aromatic nitrogens is 7. The molecule has 6 heterocycles. The third kappa shape index (κ3) is 3.00. The Labute approximate surface area is 181 Å². The van der Waals surface area contributed by atoms with Crippen molar-refractivity contribution in [2.45, 2.75) is 13.3 Å². The summed E-state index contributed by atoms with van der Waals surface area (Å²) in [6.45, 7) is 2.12. The number of nitrogens with one attached hydrogen (secondary N) is 2. The molecule has 6 rings (SSSR count). The van der Waals surface area contributed by atoms with Gasteiger partial charge >= 0.3 is 0 Å². The van der Waals surface area contributed by atoms with Crippen molar-refractivity contribution in [2.75, 3.05) is 0 Å². The first-order chi connectivity index (χ1) is 15.3. The summed E-state index contributed by atoms with van der Waals surface area (Å²) >= 11 is 1.67. The molecule has 0 unspecified atom stereocenters. The number of imidazole rings is 1. The lowest BCUT2D eigenvalue weighted by Gasteiger charge is -2.03. The Morgan fingerprint density at radius 1 is 0.968 bits per heavy atom. The van der Waals surface area contributed by atoms with E-state index in [1.807, 2.05) is 24.7 Å². The molecule has 6 aromatic rings. The number of fused-ring (bicyclic) bond motifs is 2. The Kier molecular flexibility index (Phi) is 4.10. The molecule has 7 nitrogen and oxygen atoms in total. The number of aryl methyl sites for hydroxylation is 1. The van der Waals surface area contributed by atoms with E-state index in [-0.39, 0.29) is 0 Å². The molecule has 31 heavy (non-hydrogen) atoms. The first-order valence-electron chi connectivity index (χ1n) is 9.96. The molecule has 0 aromatic carbocycles. The van der Waals surface area contributed by atoms with Crippen LogP contribution in [0.5, 0.6) is 0 Å². The summed E-state index contributed by atoms with van der Waals surface area (Å²) in [4.78, 5) is 21.5. The largest absolute Gasteiger partial charge is 0.335 e. The van der Waals surface area contributed by atoms with Crippen LogP contribution < -0.4 is 0 Å². The molecular weight excluding hydrogens is 406 g/mol. The van der Waals surface area contributed by atoms with Crippen LogP contribution in [0.15, 0.2) is 59.8 Å². The number of nitrogens with zero attached hydrogens (tertiary/aromatic N) is 5. The summed E-state index contributed by atoms with van der Waals surface area (Å²) < 4.78 is 0. The van der Waals surface area contributed by atoms with Crippen LogP contribution in [0.25, 0.3) is 56.0 Å². The average Bonchev–Trinajstić information content (AvgIpc) is 3.57. The lowest BCUT2D eigenvalue weighted by molar-refractivity contribution is 1.09. The van der Waals surface area contributed by atoms with Gasteiger partial charge in [-0.05, 0) is 52.6 Å². The third-order valence-electron chi connectivity index (χ3n) is 5.41. The van der Waals surface area contributed by atoms with E-state index in [0.29, 0.717) is 17.1 Å². The van der Waals surface area contributed by atoms with Crippen molar-refractivity contribution >= 4 is 33.5 Å². The highest BCUT2D eigenvalue weighted by Gasteiger charge is 2.16. The molecule has 0 aliphatic heterocycles. The monoisotopic (exact) mass is 423 g/mol. The van der Waals surface area contributed by atoms with Crippen LogP contribution in [-0.2, 0) is 6.42 Å². The number of hydrogen-bond acceptors (Lipinski definition) is 6.